The molecule has 0 saturated carbocycles. The zero-order valence-electron chi connectivity index (χ0n) is 15.4. The molecule has 0 aliphatic rings. The number of benzene rings is 3. The van der Waals surface area contributed by atoms with Gasteiger partial charge in [0, 0.05) is 9.93 Å². The first-order valence-corrected chi connectivity index (χ1v) is 10.3. The second-order valence-corrected chi connectivity index (χ2v) is 7.40. The zero-order valence-corrected chi connectivity index (χ0v) is 17.0. The van der Waals surface area contributed by atoms with Crippen molar-refractivity contribution in [2.24, 2.45) is 0 Å². The van der Waals surface area contributed by atoms with Crippen LogP contribution in [0.3, 0.4) is 0 Å². The van der Waals surface area contributed by atoms with E-state index in [0.717, 1.165) is 17.6 Å². The fourth-order valence-corrected chi connectivity index (χ4v) is 2.99. The molecule has 0 bridgehead atoms. The number of carbonyl (C=O) groups is 1. The van der Waals surface area contributed by atoms with Gasteiger partial charge in [-0.05, 0) is 42.0 Å². The Morgan fingerprint density at radius 2 is 1.50 bits per heavy atom. The van der Waals surface area contributed by atoms with E-state index in [1.165, 1.54) is 0 Å². The van der Waals surface area contributed by atoms with Gasteiger partial charge in [0.2, 0.25) is 11.1 Å². The fraction of sp³-hybridized carbons (Fsp3) is 0.0500. The van der Waals surface area contributed by atoms with Gasteiger partial charge in [-0.3, -0.25) is 4.89 Å². The average Bonchev–Trinajstić information content (AvgIpc) is 2.81. The molecular formula is C20H16O8S2. The van der Waals surface area contributed by atoms with Crippen molar-refractivity contribution in [2.45, 2.75) is 16.4 Å². The normalized spacial score (nSPS) is 11.7. The smallest absolute Gasteiger partial charge is 0.262 e. The van der Waals surface area contributed by atoms with Crippen LogP contribution in [0.25, 0.3) is 0 Å². The Morgan fingerprint density at radius 3 is 2.20 bits per heavy atom. The Kier molecular flexibility index (Phi) is 9.00. The highest BCUT2D eigenvalue weighted by molar-refractivity contribution is 7.94. The summed E-state index contributed by atoms with van der Waals surface area (Å²) in [6.45, 7) is 0.153. The molecule has 3 aromatic carbocycles. The lowest BCUT2D eigenvalue weighted by Crippen LogP contribution is -2.04. The van der Waals surface area contributed by atoms with Crippen LogP contribution in [-0.2, 0) is 46.2 Å². The number of carbonyl (C=O) groups excluding carboxylic acids is 1. The monoisotopic (exact) mass is 448 g/mol. The van der Waals surface area contributed by atoms with Gasteiger partial charge in [0.25, 0.3) is 0 Å². The SMILES string of the molecule is O=C(OOOSc1ccc(S(=O)OOOCc2ccccc2)cc1)c1ccccc1. The number of hydrogen-bond donors (Lipinski definition) is 0. The number of hydrogen-bond acceptors (Lipinski definition) is 9. The minimum Gasteiger partial charge on any atom is -0.262 e. The Morgan fingerprint density at radius 1 is 0.833 bits per heavy atom. The van der Waals surface area contributed by atoms with Gasteiger partial charge in [0.1, 0.15) is 6.61 Å². The third-order valence-electron chi connectivity index (χ3n) is 3.50. The van der Waals surface area contributed by atoms with Gasteiger partial charge in [0.15, 0.2) is 0 Å². The van der Waals surface area contributed by atoms with E-state index in [4.69, 9.17) is 9.22 Å². The molecule has 8 nitrogen and oxygen atoms in total. The predicted octanol–water partition coefficient (Wildman–Crippen LogP) is 4.52. The molecule has 3 rings (SSSR count). The molecule has 0 aliphatic carbocycles. The third-order valence-corrected chi connectivity index (χ3v) is 4.92. The Hall–Kier alpha value is -2.57. The molecule has 0 aromatic heterocycles. The lowest BCUT2D eigenvalue weighted by Gasteiger charge is -2.04. The van der Waals surface area contributed by atoms with E-state index in [1.54, 1.807) is 54.6 Å². The highest BCUT2D eigenvalue weighted by Gasteiger charge is 2.10. The molecule has 0 aliphatic heterocycles. The first-order chi connectivity index (χ1) is 14.7. The van der Waals surface area contributed by atoms with E-state index in [0.29, 0.717) is 15.4 Å². The quantitative estimate of drug-likeness (QED) is 0.182. The van der Waals surface area contributed by atoms with Crippen LogP contribution in [0.4, 0.5) is 0 Å². The van der Waals surface area contributed by atoms with Crippen LogP contribution in [0.1, 0.15) is 15.9 Å². The van der Waals surface area contributed by atoms with Crippen LogP contribution >= 0.6 is 12.0 Å². The molecular weight excluding hydrogens is 432 g/mol. The van der Waals surface area contributed by atoms with Crippen molar-refractivity contribution in [3.05, 3.63) is 96.1 Å². The van der Waals surface area contributed by atoms with Crippen molar-refractivity contribution >= 4 is 29.1 Å². The van der Waals surface area contributed by atoms with Crippen molar-refractivity contribution in [3.8, 4) is 0 Å². The van der Waals surface area contributed by atoms with E-state index in [-0.39, 0.29) is 6.61 Å². The molecule has 30 heavy (non-hydrogen) atoms. The average molecular weight is 448 g/mol. The summed E-state index contributed by atoms with van der Waals surface area (Å²) in [6, 6.07) is 23.9. The van der Waals surface area contributed by atoms with Gasteiger partial charge < -0.3 is 0 Å². The largest absolute Gasteiger partial charge is 0.376 e. The minimum absolute atomic E-state index is 0.153. The standard InChI is InChI=1S/C20H16O8S2/c21-20(17-9-5-2-6-10-17)24-26-27-29-18-11-13-19(14-12-18)30(22)28-25-23-15-16-7-3-1-4-8-16/h1-14H,15H2. The third kappa shape index (κ3) is 7.35. The van der Waals surface area contributed by atoms with E-state index < -0.39 is 17.0 Å². The van der Waals surface area contributed by atoms with Crippen LogP contribution in [0, 0.1) is 0 Å². The highest BCUT2D eigenvalue weighted by Crippen LogP contribution is 2.21. The Bertz CT molecular complexity index is 936. The first-order valence-electron chi connectivity index (χ1n) is 8.52. The maximum Gasteiger partial charge on any atom is 0.376 e. The van der Waals surface area contributed by atoms with Gasteiger partial charge in [-0.2, -0.15) is 0 Å². The first kappa shape index (κ1) is 22.1. The van der Waals surface area contributed by atoms with Crippen LogP contribution < -0.4 is 0 Å². The molecule has 10 heteroatoms. The zero-order chi connectivity index (χ0) is 21.0. The van der Waals surface area contributed by atoms with E-state index in [9.17, 15) is 9.00 Å². The number of rotatable bonds is 11. The van der Waals surface area contributed by atoms with Crippen molar-refractivity contribution in [3.63, 3.8) is 0 Å². The lowest BCUT2D eigenvalue weighted by atomic mass is 10.2. The minimum atomic E-state index is -1.88. The van der Waals surface area contributed by atoms with Crippen molar-refractivity contribution in [2.75, 3.05) is 0 Å². The molecule has 156 valence electrons. The highest BCUT2D eigenvalue weighted by atomic mass is 32.2. The summed E-state index contributed by atoms with van der Waals surface area (Å²) < 4.78 is 21.4. The van der Waals surface area contributed by atoms with Crippen LogP contribution in [0.5, 0.6) is 0 Å². The van der Waals surface area contributed by atoms with Gasteiger partial charge in [0.05, 0.1) is 22.5 Å². The fourth-order valence-electron chi connectivity index (χ4n) is 2.08. The summed E-state index contributed by atoms with van der Waals surface area (Å²) in [5.41, 5.74) is 1.21. The lowest BCUT2D eigenvalue weighted by molar-refractivity contribution is -0.469. The van der Waals surface area contributed by atoms with Crippen LogP contribution in [0.2, 0.25) is 0 Å². The second-order valence-electron chi connectivity index (χ2n) is 5.55. The van der Waals surface area contributed by atoms with Crippen LogP contribution in [0.15, 0.2) is 94.7 Å². The molecule has 0 amide bonds. The molecule has 0 N–H and O–H groups in total. The molecule has 3 aromatic rings. The summed E-state index contributed by atoms with van der Waals surface area (Å²) in [4.78, 5) is 22.0. The molecule has 0 spiro atoms. The Balaban J connectivity index is 1.33. The molecule has 0 heterocycles. The molecule has 0 radical (unpaired) electrons. The topological polar surface area (TPSA) is 89.5 Å². The van der Waals surface area contributed by atoms with E-state index in [1.807, 2.05) is 30.3 Å². The summed E-state index contributed by atoms with van der Waals surface area (Å²) >= 11 is -1.08. The predicted molar refractivity (Wildman–Crippen MR) is 106 cm³/mol. The molecule has 0 saturated heterocycles. The maximum absolute atomic E-state index is 12.0. The van der Waals surface area contributed by atoms with Gasteiger partial charge in [-0.25, -0.2) is 13.9 Å². The van der Waals surface area contributed by atoms with E-state index >= 15 is 0 Å². The van der Waals surface area contributed by atoms with Crippen LogP contribution in [-0.4, -0.2) is 10.2 Å². The molecule has 1 unspecified atom stereocenters. The molecule has 0 fully saturated rings. The van der Waals surface area contributed by atoms with E-state index in [2.05, 4.69) is 19.3 Å². The van der Waals surface area contributed by atoms with Crippen molar-refractivity contribution in [1.29, 1.82) is 0 Å². The Labute approximate surface area is 179 Å². The van der Waals surface area contributed by atoms with Gasteiger partial charge >= 0.3 is 5.97 Å². The van der Waals surface area contributed by atoms with Crippen molar-refractivity contribution in [1.82, 2.24) is 0 Å². The summed E-state index contributed by atoms with van der Waals surface area (Å²) in [6.07, 6.45) is 0. The summed E-state index contributed by atoms with van der Waals surface area (Å²) in [5.74, 6) is -0.687. The molecule has 1 atom stereocenters. The van der Waals surface area contributed by atoms with Gasteiger partial charge in [-0.15, -0.1) is 4.33 Å². The van der Waals surface area contributed by atoms with Gasteiger partial charge in [-0.1, -0.05) is 57.9 Å². The summed E-state index contributed by atoms with van der Waals surface area (Å²) in [5, 5.41) is 8.95. The second kappa shape index (κ2) is 12.2. The maximum atomic E-state index is 12.0. The van der Waals surface area contributed by atoms with Crippen molar-refractivity contribution < 1.29 is 37.5 Å². The summed E-state index contributed by atoms with van der Waals surface area (Å²) in [7, 11) is 0.